The molecular formula is C19H21N3O3S. The molecule has 1 heterocycles. The summed E-state index contributed by atoms with van der Waals surface area (Å²) < 4.78 is 31.6. The topological polar surface area (TPSA) is 73.1 Å². The van der Waals surface area contributed by atoms with Crippen LogP contribution < -0.4 is 10.4 Å². The molecule has 0 saturated carbocycles. The Hall–Kier alpha value is -2.54. The molecule has 0 amide bonds. The SMILES string of the molecule is Cn1c(=O)n(C)c2cc(S(=O)(=O)Nc3cccc4c3CCCC4)ccc21. The standard InChI is InChI=1S/C19H21N3O3S/c1-21-17-11-10-14(12-18(17)22(2)19(21)23)26(24,25)20-16-9-5-7-13-6-3-4-8-15(13)16/h5,7,9-12,20H,3-4,6,8H2,1-2H3. The number of hydrogen-bond donors (Lipinski definition) is 1. The Morgan fingerprint density at radius 1 is 0.962 bits per heavy atom. The van der Waals surface area contributed by atoms with Gasteiger partial charge >= 0.3 is 5.69 Å². The second-order valence-electron chi connectivity index (χ2n) is 6.81. The van der Waals surface area contributed by atoms with Crippen LogP contribution in [0.5, 0.6) is 0 Å². The number of anilines is 1. The normalized spacial score (nSPS) is 14.4. The van der Waals surface area contributed by atoms with Gasteiger partial charge in [0.15, 0.2) is 0 Å². The Morgan fingerprint density at radius 3 is 2.50 bits per heavy atom. The molecule has 2 aromatic carbocycles. The van der Waals surface area contributed by atoms with E-state index in [1.54, 1.807) is 32.3 Å². The molecule has 7 heteroatoms. The van der Waals surface area contributed by atoms with E-state index >= 15 is 0 Å². The summed E-state index contributed by atoms with van der Waals surface area (Å²) in [6, 6.07) is 10.5. The highest BCUT2D eigenvalue weighted by molar-refractivity contribution is 7.92. The number of benzene rings is 2. The molecule has 0 spiro atoms. The maximum absolute atomic E-state index is 12.9. The number of aryl methyl sites for hydroxylation is 3. The average molecular weight is 371 g/mol. The second kappa shape index (κ2) is 6.02. The molecule has 0 bridgehead atoms. The van der Waals surface area contributed by atoms with Crippen LogP contribution in [-0.2, 0) is 37.0 Å². The number of rotatable bonds is 3. The molecule has 0 fully saturated rings. The van der Waals surface area contributed by atoms with Crippen LogP contribution in [0.2, 0.25) is 0 Å². The zero-order chi connectivity index (χ0) is 18.5. The Balaban J connectivity index is 1.77. The van der Waals surface area contributed by atoms with Gasteiger partial charge in [0, 0.05) is 14.1 Å². The van der Waals surface area contributed by atoms with Crippen molar-refractivity contribution in [2.45, 2.75) is 30.6 Å². The average Bonchev–Trinajstić information content (AvgIpc) is 2.86. The molecule has 136 valence electrons. The molecule has 0 aliphatic heterocycles. The molecule has 4 rings (SSSR count). The van der Waals surface area contributed by atoms with Crippen LogP contribution in [0.25, 0.3) is 11.0 Å². The molecule has 1 aliphatic carbocycles. The quantitative estimate of drug-likeness (QED) is 0.769. The Morgan fingerprint density at radius 2 is 1.69 bits per heavy atom. The van der Waals surface area contributed by atoms with Gasteiger partial charge in [0.05, 0.1) is 21.6 Å². The summed E-state index contributed by atoms with van der Waals surface area (Å²) in [5.41, 5.74) is 4.08. The fraction of sp³-hybridized carbons (Fsp3) is 0.316. The van der Waals surface area contributed by atoms with Gasteiger partial charge in [-0.25, -0.2) is 13.2 Å². The van der Waals surface area contributed by atoms with E-state index in [0.717, 1.165) is 31.2 Å². The molecule has 3 aromatic rings. The monoisotopic (exact) mass is 371 g/mol. The van der Waals surface area contributed by atoms with Crippen molar-refractivity contribution in [2.75, 3.05) is 4.72 Å². The minimum atomic E-state index is -3.73. The van der Waals surface area contributed by atoms with Crippen LogP contribution in [0, 0.1) is 0 Å². The van der Waals surface area contributed by atoms with Crippen molar-refractivity contribution >= 4 is 26.7 Å². The van der Waals surface area contributed by atoms with E-state index in [1.807, 2.05) is 12.1 Å². The van der Waals surface area contributed by atoms with E-state index in [4.69, 9.17) is 0 Å². The molecule has 1 aliphatic rings. The van der Waals surface area contributed by atoms with E-state index < -0.39 is 10.0 Å². The van der Waals surface area contributed by atoms with Gasteiger partial charge in [0.2, 0.25) is 0 Å². The summed E-state index contributed by atoms with van der Waals surface area (Å²) in [7, 11) is -0.418. The van der Waals surface area contributed by atoms with Crippen LogP contribution in [0.15, 0.2) is 46.1 Å². The van der Waals surface area contributed by atoms with E-state index in [1.165, 1.54) is 14.7 Å². The van der Waals surface area contributed by atoms with Gasteiger partial charge in [-0.05, 0) is 61.1 Å². The summed E-state index contributed by atoms with van der Waals surface area (Å²) in [6.07, 6.45) is 4.09. The van der Waals surface area contributed by atoms with Gasteiger partial charge in [0.25, 0.3) is 10.0 Å². The van der Waals surface area contributed by atoms with Gasteiger partial charge in [0.1, 0.15) is 0 Å². The summed E-state index contributed by atoms with van der Waals surface area (Å²) in [6.45, 7) is 0. The predicted molar refractivity (Wildman–Crippen MR) is 102 cm³/mol. The molecule has 6 nitrogen and oxygen atoms in total. The Labute approximate surface area is 152 Å². The largest absolute Gasteiger partial charge is 0.328 e. The summed E-state index contributed by atoms with van der Waals surface area (Å²) in [5, 5.41) is 0. The molecule has 1 N–H and O–H groups in total. The Bertz CT molecular complexity index is 1170. The summed E-state index contributed by atoms with van der Waals surface area (Å²) in [5.74, 6) is 0. The molecule has 0 atom stereocenters. The van der Waals surface area contributed by atoms with E-state index in [2.05, 4.69) is 10.8 Å². The van der Waals surface area contributed by atoms with Crippen molar-refractivity contribution in [2.24, 2.45) is 14.1 Å². The van der Waals surface area contributed by atoms with E-state index in [9.17, 15) is 13.2 Å². The first-order valence-corrected chi connectivity index (χ1v) is 10.2. The lowest BCUT2D eigenvalue weighted by atomic mass is 9.91. The first kappa shape index (κ1) is 16.9. The van der Waals surface area contributed by atoms with Crippen molar-refractivity contribution in [3.63, 3.8) is 0 Å². The van der Waals surface area contributed by atoms with Crippen molar-refractivity contribution in [1.82, 2.24) is 9.13 Å². The van der Waals surface area contributed by atoms with Crippen LogP contribution in [0.3, 0.4) is 0 Å². The molecule has 26 heavy (non-hydrogen) atoms. The van der Waals surface area contributed by atoms with Gasteiger partial charge in [-0.3, -0.25) is 13.9 Å². The predicted octanol–water partition coefficient (Wildman–Crippen LogP) is 2.56. The lowest BCUT2D eigenvalue weighted by molar-refractivity contribution is 0.601. The third-order valence-corrected chi connectivity index (χ3v) is 6.56. The van der Waals surface area contributed by atoms with Crippen LogP contribution in [0.4, 0.5) is 5.69 Å². The van der Waals surface area contributed by atoms with Crippen LogP contribution >= 0.6 is 0 Å². The minimum Gasteiger partial charge on any atom is -0.295 e. The van der Waals surface area contributed by atoms with Crippen molar-refractivity contribution in [3.8, 4) is 0 Å². The van der Waals surface area contributed by atoms with Crippen molar-refractivity contribution in [3.05, 3.63) is 58.0 Å². The molecule has 0 unspecified atom stereocenters. The summed E-state index contributed by atoms with van der Waals surface area (Å²) >= 11 is 0. The lowest BCUT2D eigenvalue weighted by Crippen LogP contribution is -2.19. The number of sulfonamides is 1. The van der Waals surface area contributed by atoms with E-state index in [0.29, 0.717) is 16.7 Å². The van der Waals surface area contributed by atoms with Crippen LogP contribution in [-0.4, -0.2) is 17.6 Å². The van der Waals surface area contributed by atoms with Gasteiger partial charge < -0.3 is 0 Å². The smallest absolute Gasteiger partial charge is 0.295 e. The maximum atomic E-state index is 12.9. The highest BCUT2D eigenvalue weighted by Crippen LogP contribution is 2.29. The maximum Gasteiger partial charge on any atom is 0.328 e. The zero-order valence-corrected chi connectivity index (χ0v) is 15.6. The molecule has 0 radical (unpaired) electrons. The lowest BCUT2D eigenvalue weighted by Gasteiger charge is -2.20. The highest BCUT2D eigenvalue weighted by Gasteiger charge is 2.20. The number of aromatic nitrogens is 2. The summed E-state index contributed by atoms with van der Waals surface area (Å²) in [4.78, 5) is 12.2. The first-order valence-electron chi connectivity index (χ1n) is 8.67. The van der Waals surface area contributed by atoms with Gasteiger partial charge in [-0.1, -0.05) is 12.1 Å². The number of nitrogens with one attached hydrogen (secondary N) is 1. The van der Waals surface area contributed by atoms with E-state index in [-0.39, 0.29) is 10.6 Å². The molecule has 0 saturated heterocycles. The van der Waals surface area contributed by atoms with Crippen molar-refractivity contribution in [1.29, 1.82) is 0 Å². The first-order chi connectivity index (χ1) is 12.4. The fourth-order valence-electron chi connectivity index (χ4n) is 3.73. The zero-order valence-electron chi connectivity index (χ0n) is 14.8. The third kappa shape index (κ3) is 2.63. The number of fused-ring (bicyclic) bond motifs is 2. The number of nitrogens with zero attached hydrogens (tertiary/aromatic N) is 2. The van der Waals surface area contributed by atoms with Crippen molar-refractivity contribution < 1.29 is 8.42 Å². The second-order valence-corrected chi connectivity index (χ2v) is 8.49. The third-order valence-electron chi connectivity index (χ3n) is 5.19. The van der Waals surface area contributed by atoms with Gasteiger partial charge in [-0.15, -0.1) is 0 Å². The number of imidazole rings is 1. The Kier molecular flexibility index (Phi) is 3.91. The molecular weight excluding hydrogens is 350 g/mol. The minimum absolute atomic E-state index is 0.152. The highest BCUT2D eigenvalue weighted by atomic mass is 32.2. The van der Waals surface area contributed by atoms with Gasteiger partial charge in [-0.2, -0.15) is 0 Å². The molecule has 1 aromatic heterocycles. The fourth-order valence-corrected chi connectivity index (χ4v) is 4.85. The number of hydrogen-bond acceptors (Lipinski definition) is 3. The van der Waals surface area contributed by atoms with Crippen LogP contribution in [0.1, 0.15) is 24.0 Å².